The van der Waals surface area contributed by atoms with Crippen LogP contribution in [0.5, 0.6) is 0 Å². The molecule has 0 saturated carbocycles. The van der Waals surface area contributed by atoms with E-state index in [1.54, 1.807) is 55.4 Å². The Balaban J connectivity index is 1.52. The lowest BCUT2D eigenvalue weighted by atomic mass is 9.93. The largest absolute Gasteiger partial charge is 0.459 e. The zero-order chi connectivity index (χ0) is 22.7. The van der Waals surface area contributed by atoms with Crippen LogP contribution < -0.4 is 5.32 Å². The normalized spacial score (nSPS) is 15.1. The first-order valence-electron chi connectivity index (χ1n) is 10.1. The Morgan fingerprint density at radius 1 is 1.00 bits per heavy atom. The van der Waals surface area contributed by atoms with Crippen molar-refractivity contribution in [2.45, 2.75) is 23.9 Å². The Morgan fingerprint density at radius 3 is 2.38 bits per heavy atom. The van der Waals surface area contributed by atoms with Crippen LogP contribution in [-0.2, 0) is 17.8 Å². The van der Waals surface area contributed by atoms with E-state index in [1.807, 2.05) is 24.3 Å². The molecule has 1 aliphatic rings. The van der Waals surface area contributed by atoms with E-state index in [2.05, 4.69) is 5.32 Å². The molecule has 164 valence electrons. The number of thioether (sulfide) groups is 1. The summed E-state index contributed by atoms with van der Waals surface area (Å²) in [5.74, 6) is -0.392. The standard InChI is InChI=1S/C24H23N3O4S/c1-26(2)24(30)32-19-11-9-18(10-12-19)25-22(28)20-14-16-6-3-4-7-17(16)15-27(20)23(29)21-8-5-13-31-21/h3-13,20H,14-15H2,1-2H3,(H,25,28). The molecule has 1 N–H and O–H groups in total. The number of furan rings is 1. The van der Waals surface area contributed by atoms with E-state index >= 15 is 0 Å². The monoisotopic (exact) mass is 449 g/mol. The fourth-order valence-corrected chi connectivity index (χ4v) is 4.19. The summed E-state index contributed by atoms with van der Waals surface area (Å²) in [4.78, 5) is 42.0. The maximum absolute atomic E-state index is 13.2. The number of nitrogens with one attached hydrogen (secondary N) is 1. The van der Waals surface area contributed by atoms with Crippen molar-refractivity contribution in [2.24, 2.45) is 0 Å². The van der Waals surface area contributed by atoms with Gasteiger partial charge in [-0.15, -0.1) is 0 Å². The molecule has 0 aliphatic carbocycles. The van der Waals surface area contributed by atoms with Crippen LogP contribution in [-0.4, -0.2) is 47.0 Å². The lowest BCUT2D eigenvalue weighted by molar-refractivity contribution is -0.121. The van der Waals surface area contributed by atoms with Crippen LogP contribution in [0, 0.1) is 0 Å². The van der Waals surface area contributed by atoms with Crippen molar-refractivity contribution in [2.75, 3.05) is 19.4 Å². The van der Waals surface area contributed by atoms with Crippen molar-refractivity contribution in [3.05, 3.63) is 83.8 Å². The van der Waals surface area contributed by atoms with Crippen LogP contribution in [0.3, 0.4) is 0 Å². The highest BCUT2D eigenvalue weighted by molar-refractivity contribution is 8.13. The number of rotatable bonds is 4. The molecule has 2 aromatic carbocycles. The Hall–Kier alpha value is -3.52. The quantitative estimate of drug-likeness (QED) is 0.602. The molecule has 3 amide bonds. The molecule has 0 bridgehead atoms. The van der Waals surface area contributed by atoms with Crippen molar-refractivity contribution in [1.82, 2.24) is 9.80 Å². The molecule has 1 atom stereocenters. The van der Waals surface area contributed by atoms with E-state index in [-0.39, 0.29) is 22.8 Å². The first-order valence-corrected chi connectivity index (χ1v) is 11.0. The van der Waals surface area contributed by atoms with Crippen molar-refractivity contribution in [3.8, 4) is 0 Å². The van der Waals surface area contributed by atoms with Gasteiger partial charge in [0.2, 0.25) is 5.91 Å². The number of anilines is 1. The van der Waals surface area contributed by atoms with Crippen molar-refractivity contribution < 1.29 is 18.8 Å². The van der Waals surface area contributed by atoms with Crippen molar-refractivity contribution >= 4 is 34.5 Å². The molecular weight excluding hydrogens is 426 g/mol. The molecular formula is C24H23N3O4S. The summed E-state index contributed by atoms with van der Waals surface area (Å²) in [5, 5.41) is 2.83. The minimum Gasteiger partial charge on any atom is -0.459 e. The van der Waals surface area contributed by atoms with E-state index in [0.29, 0.717) is 18.7 Å². The molecule has 0 radical (unpaired) electrons. The molecule has 1 aromatic heterocycles. The van der Waals surface area contributed by atoms with Gasteiger partial charge in [-0.05, 0) is 59.3 Å². The highest BCUT2D eigenvalue weighted by Crippen LogP contribution is 2.27. The molecule has 0 saturated heterocycles. The predicted molar refractivity (Wildman–Crippen MR) is 123 cm³/mol. The SMILES string of the molecule is CN(C)C(=O)Sc1ccc(NC(=O)C2Cc3ccccc3CN2C(=O)c2ccco2)cc1. The molecule has 4 rings (SSSR count). The van der Waals surface area contributed by atoms with Crippen LogP contribution in [0.15, 0.2) is 76.2 Å². The summed E-state index contributed by atoms with van der Waals surface area (Å²) in [6.45, 7) is 0.329. The highest BCUT2D eigenvalue weighted by atomic mass is 32.2. The summed E-state index contributed by atoms with van der Waals surface area (Å²) in [6.07, 6.45) is 1.86. The predicted octanol–water partition coefficient (Wildman–Crippen LogP) is 4.26. The molecule has 0 fully saturated rings. The van der Waals surface area contributed by atoms with Gasteiger partial charge in [0.15, 0.2) is 5.76 Å². The van der Waals surface area contributed by atoms with Gasteiger partial charge in [-0.3, -0.25) is 14.4 Å². The molecule has 0 spiro atoms. The molecule has 8 heteroatoms. The number of nitrogens with zero attached hydrogens (tertiary/aromatic N) is 2. The lowest BCUT2D eigenvalue weighted by Crippen LogP contribution is -2.50. The van der Waals surface area contributed by atoms with E-state index in [1.165, 1.54) is 11.2 Å². The average Bonchev–Trinajstić information content (AvgIpc) is 3.34. The maximum Gasteiger partial charge on any atom is 0.290 e. The Kier molecular flexibility index (Phi) is 6.32. The van der Waals surface area contributed by atoms with Gasteiger partial charge in [0, 0.05) is 37.6 Å². The highest BCUT2D eigenvalue weighted by Gasteiger charge is 2.36. The zero-order valence-corrected chi connectivity index (χ0v) is 18.6. The smallest absolute Gasteiger partial charge is 0.290 e. The Morgan fingerprint density at radius 2 is 1.72 bits per heavy atom. The van der Waals surface area contributed by atoms with Gasteiger partial charge in [-0.25, -0.2) is 0 Å². The third-order valence-corrected chi connectivity index (χ3v) is 6.28. The van der Waals surface area contributed by atoms with Crippen LogP contribution in [0.2, 0.25) is 0 Å². The number of carbonyl (C=O) groups excluding carboxylic acids is 3. The van der Waals surface area contributed by atoms with Crippen LogP contribution >= 0.6 is 11.8 Å². The number of fused-ring (bicyclic) bond motifs is 1. The lowest BCUT2D eigenvalue weighted by Gasteiger charge is -2.35. The fourth-order valence-electron chi connectivity index (χ4n) is 3.54. The molecule has 32 heavy (non-hydrogen) atoms. The van der Waals surface area contributed by atoms with Gasteiger partial charge in [-0.2, -0.15) is 0 Å². The third kappa shape index (κ3) is 4.70. The molecule has 7 nitrogen and oxygen atoms in total. The first kappa shape index (κ1) is 21.7. The van der Waals surface area contributed by atoms with Gasteiger partial charge >= 0.3 is 0 Å². The van der Waals surface area contributed by atoms with E-state index in [4.69, 9.17) is 4.42 Å². The average molecular weight is 450 g/mol. The maximum atomic E-state index is 13.2. The fraction of sp³-hybridized carbons (Fsp3) is 0.208. The second-order valence-corrected chi connectivity index (χ2v) is 8.70. The topological polar surface area (TPSA) is 82.9 Å². The van der Waals surface area contributed by atoms with Crippen molar-refractivity contribution in [3.63, 3.8) is 0 Å². The minimum absolute atomic E-state index is 0.0743. The first-order chi connectivity index (χ1) is 15.4. The third-order valence-electron chi connectivity index (χ3n) is 5.24. The number of amides is 3. The van der Waals surface area contributed by atoms with Gasteiger partial charge in [0.05, 0.1) is 6.26 Å². The summed E-state index contributed by atoms with van der Waals surface area (Å²) < 4.78 is 5.29. The number of hydrogen-bond acceptors (Lipinski definition) is 5. The van der Waals surface area contributed by atoms with Crippen molar-refractivity contribution in [1.29, 1.82) is 0 Å². The van der Waals surface area contributed by atoms with Crippen LogP contribution in [0.4, 0.5) is 10.5 Å². The minimum atomic E-state index is -0.674. The summed E-state index contributed by atoms with van der Waals surface area (Å²) >= 11 is 1.11. The van der Waals surface area contributed by atoms with Gasteiger partial charge in [0.1, 0.15) is 6.04 Å². The summed E-state index contributed by atoms with van der Waals surface area (Å²) in [6, 6.07) is 17.5. The second kappa shape index (κ2) is 9.32. The van der Waals surface area contributed by atoms with E-state index in [0.717, 1.165) is 27.8 Å². The van der Waals surface area contributed by atoms with Crippen LogP contribution in [0.25, 0.3) is 0 Å². The van der Waals surface area contributed by atoms with Crippen LogP contribution in [0.1, 0.15) is 21.7 Å². The molecule has 1 unspecified atom stereocenters. The Bertz CT molecular complexity index is 1130. The zero-order valence-electron chi connectivity index (χ0n) is 17.8. The Labute approximate surface area is 190 Å². The van der Waals surface area contributed by atoms with Gasteiger partial charge < -0.3 is 19.5 Å². The molecule has 2 heterocycles. The number of carbonyl (C=O) groups is 3. The molecule has 1 aliphatic heterocycles. The summed E-state index contributed by atoms with van der Waals surface area (Å²) in [7, 11) is 3.39. The second-order valence-electron chi connectivity index (χ2n) is 7.68. The van der Waals surface area contributed by atoms with Gasteiger partial charge in [0.25, 0.3) is 11.1 Å². The van der Waals surface area contributed by atoms with Gasteiger partial charge in [-0.1, -0.05) is 24.3 Å². The molecule has 3 aromatic rings. The number of benzene rings is 2. The van der Waals surface area contributed by atoms with E-state index < -0.39 is 6.04 Å². The summed E-state index contributed by atoms with van der Waals surface area (Å²) in [5.41, 5.74) is 2.66. The van der Waals surface area contributed by atoms with E-state index in [9.17, 15) is 14.4 Å². The number of hydrogen-bond donors (Lipinski definition) is 1.